The van der Waals surface area contributed by atoms with E-state index < -0.39 is 0 Å². The highest BCUT2D eigenvalue weighted by atomic mass is 19.1. The van der Waals surface area contributed by atoms with Crippen LogP contribution in [0.15, 0.2) is 24.3 Å². The average molecular weight is 346 g/mol. The lowest BCUT2D eigenvalue weighted by Crippen LogP contribution is -2.50. The standard InChI is InChI=1S/C17H23FN6O/c1-17(2,3)16-19-20-21-24(16)12-15(25)23-10-8-22(9-11-23)14-7-5-4-6-13(14)18/h4-7H,8-12H2,1-3H3. The molecule has 0 saturated carbocycles. The summed E-state index contributed by atoms with van der Waals surface area (Å²) in [5.41, 5.74) is 0.359. The number of rotatable bonds is 3. The van der Waals surface area contributed by atoms with E-state index in [9.17, 15) is 9.18 Å². The first-order chi connectivity index (χ1) is 11.9. The fourth-order valence-electron chi connectivity index (χ4n) is 2.98. The van der Waals surface area contributed by atoms with E-state index in [1.54, 1.807) is 21.7 Å². The number of anilines is 1. The Morgan fingerprint density at radius 1 is 1.16 bits per heavy atom. The molecular weight excluding hydrogens is 323 g/mol. The van der Waals surface area contributed by atoms with Crippen molar-refractivity contribution in [1.29, 1.82) is 0 Å². The highest BCUT2D eigenvalue weighted by Gasteiger charge is 2.26. The SMILES string of the molecule is CC(C)(C)c1nnnn1CC(=O)N1CCN(c2ccccc2F)CC1. The molecule has 3 rings (SSSR count). The van der Waals surface area contributed by atoms with Crippen LogP contribution in [0.5, 0.6) is 0 Å². The van der Waals surface area contributed by atoms with Gasteiger partial charge < -0.3 is 9.80 Å². The maximum atomic E-state index is 13.9. The van der Waals surface area contributed by atoms with E-state index in [-0.39, 0.29) is 23.7 Å². The Labute approximate surface area is 146 Å². The fraction of sp³-hybridized carbons (Fsp3) is 0.529. The Kier molecular flexibility index (Phi) is 4.69. The molecule has 25 heavy (non-hydrogen) atoms. The molecule has 1 aliphatic heterocycles. The number of nitrogens with zero attached hydrogens (tertiary/aromatic N) is 6. The first kappa shape index (κ1) is 17.3. The van der Waals surface area contributed by atoms with E-state index in [1.165, 1.54) is 6.07 Å². The first-order valence-corrected chi connectivity index (χ1v) is 8.40. The lowest BCUT2D eigenvalue weighted by Gasteiger charge is -2.36. The molecule has 1 saturated heterocycles. The summed E-state index contributed by atoms with van der Waals surface area (Å²) >= 11 is 0. The summed E-state index contributed by atoms with van der Waals surface area (Å²) in [4.78, 5) is 16.3. The molecule has 0 spiro atoms. The van der Waals surface area contributed by atoms with Gasteiger partial charge in [-0.2, -0.15) is 0 Å². The highest BCUT2D eigenvalue weighted by molar-refractivity contribution is 5.76. The van der Waals surface area contributed by atoms with Crippen molar-refractivity contribution in [2.24, 2.45) is 0 Å². The third-order valence-electron chi connectivity index (χ3n) is 4.31. The van der Waals surface area contributed by atoms with E-state index >= 15 is 0 Å². The number of benzene rings is 1. The molecule has 7 nitrogen and oxygen atoms in total. The Bertz CT molecular complexity index is 746. The molecule has 0 unspecified atom stereocenters. The van der Waals surface area contributed by atoms with Gasteiger partial charge >= 0.3 is 0 Å². The van der Waals surface area contributed by atoms with E-state index in [2.05, 4.69) is 15.5 Å². The predicted molar refractivity (Wildman–Crippen MR) is 91.7 cm³/mol. The monoisotopic (exact) mass is 346 g/mol. The van der Waals surface area contributed by atoms with Crippen molar-refractivity contribution in [3.8, 4) is 0 Å². The first-order valence-electron chi connectivity index (χ1n) is 8.40. The molecule has 0 radical (unpaired) electrons. The molecule has 1 fully saturated rings. The number of tetrazole rings is 1. The summed E-state index contributed by atoms with van der Waals surface area (Å²) in [5, 5.41) is 11.7. The van der Waals surface area contributed by atoms with Crippen LogP contribution in [0, 0.1) is 5.82 Å². The molecule has 0 atom stereocenters. The summed E-state index contributed by atoms with van der Waals surface area (Å²) < 4.78 is 15.5. The number of carbonyl (C=O) groups is 1. The number of carbonyl (C=O) groups excluding carboxylic acids is 1. The predicted octanol–water partition coefficient (Wildman–Crippen LogP) is 1.46. The molecule has 8 heteroatoms. The van der Waals surface area contributed by atoms with Crippen molar-refractivity contribution in [2.45, 2.75) is 32.7 Å². The van der Waals surface area contributed by atoms with Crippen LogP contribution in [0.1, 0.15) is 26.6 Å². The zero-order valence-corrected chi connectivity index (χ0v) is 14.8. The molecule has 1 aromatic heterocycles. The van der Waals surface area contributed by atoms with Gasteiger partial charge in [0.05, 0.1) is 5.69 Å². The maximum Gasteiger partial charge on any atom is 0.244 e. The van der Waals surface area contributed by atoms with Gasteiger partial charge in [-0.1, -0.05) is 32.9 Å². The van der Waals surface area contributed by atoms with Crippen LogP contribution in [-0.2, 0) is 16.8 Å². The zero-order valence-electron chi connectivity index (χ0n) is 14.8. The minimum absolute atomic E-state index is 0.0222. The van der Waals surface area contributed by atoms with Gasteiger partial charge in [-0.15, -0.1) is 5.10 Å². The molecular formula is C17H23FN6O. The van der Waals surface area contributed by atoms with Crippen LogP contribution in [0.4, 0.5) is 10.1 Å². The molecule has 1 amide bonds. The van der Waals surface area contributed by atoms with Crippen molar-refractivity contribution < 1.29 is 9.18 Å². The van der Waals surface area contributed by atoms with E-state index in [4.69, 9.17) is 0 Å². The maximum absolute atomic E-state index is 13.9. The van der Waals surface area contributed by atoms with Crippen LogP contribution in [0.3, 0.4) is 0 Å². The summed E-state index contributed by atoms with van der Waals surface area (Å²) in [5.74, 6) is 0.433. The smallest absolute Gasteiger partial charge is 0.244 e. The van der Waals surface area contributed by atoms with Gasteiger partial charge in [0.25, 0.3) is 0 Å². The topological polar surface area (TPSA) is 67.2 Å². The number of amides is 1. The Balaban J connectivity index is 1.61. The number of aromatic nitrogens is 4. The molecule has 2 heterocycles. The molecule has 134 valence electrons. The summed E-state index contributed by atoms with van der Waals surface area (Å²) in [6.07, 6.45) is 0. The minimum atomic E-state index is -0.231. The van der Waals surface area contributed by atoms with Crippen molar-refractivity contribution in [3.63, 3.8) is 0 Å². The number of piperazine rings is 1. The van der Waals surface area contributed by atoms with Gasteiger partial charge in [-0.25, -0.2) is 9.07 Å². The Morgan fingerprint density at radius 2 is 1.84 bits per heavy atom. The van der Waals surface area contributed by atoms with Gasteiger partial charge in [0, 0.05) is 31.6 Å². The molecule has 0 N–H and O–H groups in total. The van der Waals surface area contributed by atoms with Gasteiger partial charge in [0.15, 0.2) is 5.82 Å². The van der Waals surface area contributed by atoms with Crippen LogP contribution < -0.4 is 4.90 Å². The number of halogens is 1. The second-order valence-electron chi connectivity index (χ2n) is 7.23. The van der Waals surface area contributed by atoms with Gasteiger partial charge in [0.1, 0.15) is 12.4 Å². The molecule has 1 aliphatic rings. The molecule has 0 bridgehead atoms. The van der Waals surface area contributed by atoms with E-state index in [0.717, 1.165) is 0 Å². The number of hydrogen-bond acceptors (Lipinski definition) is 5. The van der Waals surface area contributed by atoms with Crippen molar-refractivity contribution in [3.05, 3.63) is 35.9 Å². The molecule has 1 aromatic carbocycles. The van der Waals surface area contributed by atoms with Crippen LogP contribution in [-0.4, -0.2) is 57.2 Å². The lowest BCUT2D eigenvalue weighted by molar-refractivity contribution is -0.132. The van der Waals surface area contributed by atoms with Crippen molar-refractivity contribution in [1.82, 2.24) is 25.1 Å². The minimum Gasteiger partial charge on any atom is -0.366 e. The molecule has 0 aliphatic carbocycles. The fourth-order valence-corrected chi connectivity index (χ4v) is 2.98. The summed E-state index contributed by atoms with van der Waals surface area (Å²) in [7, 11) is 0. The van der Waals surface area contributed by atoms with E-state index in [0.29, 0.717) is 37.7 Å². The quantitative estimate of drug-likeness (QED) is 0.842. The van der Waals surface area contributed by atoms with Crippen LogP contribution in [0.2, 0.25) is 0 Å². The average Bonchev–Trinajstić information content (AvgIpc) is 3.04. The summed E-state index contributed by atoms with van der Waals surface area (Å²) in [6.45, 7) is 8.47. The third-order valence-corrected chi connectivity index (χ3v) is 4.31. The van der Waals surface area contributed by atoms with Crippen molar-refractivity contribution >= 4 is 11.6 Å². The van der Waals surface area contributed by atoms with Crippen molar-refractivity contribution in [2.75, 3.05) is 31.1 Å². The zero-order chi connectivity index (χ0) is 18.0. The third kappa shape index (κ3) is 3.78. The normalized spacial score (nSPS) is 15.5. The highest BCUT2D eigenvalue weighted by Crippen LogP contribution is 2.21. The van der Waals surface area contributed by atoms with Crippen LogP contribution in [0.25, 0.3) is 0 Å². The van der Waals surface area contributed by atoms with Gasteiger partial charge in [-0.3, -0.25) is 4.79 Å². The van der Waals surface area contributed by atoms with E-state index in [1.807, 2.05) is 31.7 Å². The lowest BCUT2D eigenvalue weighted by atomic mass is 9.96. The second kappa shape index (κ2) is 6.78. The summed E-state index contributed by atoms with van der Waals surface area (Å²) in [6, 6.07) is 6.72. The largest absolute Gasteiger partial charge is 0.366 e. The second-order valence-corrected chi connectivity index (χ2v) is 7.23. The Morgan fingerprint density at radius 3 is 2.48 bits per heavy atom. The Hall–Kier alpha value is -2.51. The number of para-hydroxylation sites is 1. The molecule has 2 aromatic rings. The van der Waals surface area contributed by atoms with Crippen LogP contribution >= 0.6 is 0 Å². The van der Waals surface area contributed by atoms with Gasteiger partial charge in [0.2, 0.25) is 5.91 Å². The van der Waals surface area contributed by atoms with Gasteiger partial charge in [-0.05, 0) is 22.6 Å². The number of hydrogen-bond donors (Lipinski definition) is 0.